The van der Waals surface area contributed by atoms with Gasteiger partial charge in [0.15, 0.2) is 0 Å². The molecule has 0 radical (unpaired) electrons. The minimum Gasteiger partial charge on any atom is -0.378 e. The fourth-order valence-electron chi connectivity index (χ4n) is 3.51. The van der Waals surface area contributed by atoms with Crippen LogP contribution in [-0.4, -0.2) is 54.4 Å². The van der Waals surface area contributed by atoms with Gasteiger partial charge in [0.05, 0.1) is 17.2 Å². The van der Waals surface area contributed by atoms with Crippen molar-refractivity contribution < 1.29 is 18.1 Å². The summed E-state index contributed by atoms with van der Waals surface area (Å²) in [6.45, 7) is 4.38. The SMILES string of the molecule is CC(C)(O)C#Cc1cnc2cccc(-c3cc(F)c(CN4CCS(=O)CC4)c(F)c3)c2n1. The quantitative estimate of drug-likeness (QED) is 0.614. The van der Waals surface area contributed by atoms with E-state index in [1.54, 1.807) is 32.0 Å². The molecule has 1 aliphatic rings. The molecule has 1 fully saturated rings. The van der Waals surface area contributed by atoms with Crippen LogP contribution in [0.25, 0.3) is 22.2 Å². The molecule has 0 amide bonds. The largest absolute Gasteiger partial charge is 0.378 e. The van der Waals surface area contributed by atoms with E-state index < -0.39 is 28.0 Å². The Morgan fingerprint density at radius 3 is 2.53 bits per heavy atom. The van der Waals surface area contributed by atoms with Crippen LogP contribution in [0.15, 0.2) is 36.5 Å². The molecule has 1 N–H and O–H groups in total. The number of fused-ring (bicyclic) bond motifs is 1. The third-order valence-corrected chi connectivity index (χ3v) is 6.45. The van der Waals surface area contributed by atoms with E-state index >= 15 is 0 Å². The Morgan fingerprint density at radius 2 is 1.88 bits per heavy atom. The molecule has 166 valence electrons. The second kappa shape index (κ2) is 9.02. The minimum atomic E-state index is -1.18. The van der Waals surface area contributed by atoms with Crippen LogP contribution in [0.5, 0.6) is 0 Å². The Balaban J connectivity index is 1.70. The number of nitrogens with zero attached hydrogens (tertiary/aromatic N) is 3. The van der Waals surface area contributed by atoms with E-state index in [1.807, 2.05) is 4.90 Å². The fourth-order valence-corrected chi connectivity index (χ4v) is 4.64. The van der Waals surface area contributed by atoms with Crippen LogP contribution in [-0.2, 0) is 17.3 Å². The van der Waals surface area contributed by atoms with Crippen molar-refractivity contribution in [2.24, 2.45) is 0 Å². The van der Waals surface area contributed by atoms with Gasteiger partial charge >= 0.3 is 0 Å². The summed E-state index contributed by atoms with van der Waals surface area (Å²) < 4.78 is 41.4. The Kier molecular flexibility index (Phi) is 6.33. The molecule has 2 aromatic carbocycles. The van der Waals surface area contributed by atoms with Gasteiger partial charge in [-0.15, -0.1) is 0 Å². The molecule has 1 aliphatic heterocycles. The first kappa shape index (κ1) is 22.5. The monoisotopic (exact) mass is 455 g/mol. The Bertz CT molecular complexity index is 1230. The first-order chi connectivity index (χ1) is 15.2. The van der Waals surface area contributed by atoms with Gasteiger partial charge in [0, 0.05) is 53.1 Å². The summed E-state index contributed by atoms with van der Waals surface area (Å²) in [5.74, 6) is 5.26. The molecule has 0 aliphatic carbocycles. The Labute approximate surface area is 188 Å². The molecule has 1 saturated heterocycles. The second-order valence-corrected chi connectivity index (χ2v) is 9.98. The van der Waals surface area contributed by atoms with Crippen LogP contribution >= 0.6 is 0 Å². The van der Waals surface area contributed by atoms with Gasteiger partial charge in [-0.3, -0.25) is 14.1 Å². The molecule has 0 unspecified atom stereocenters. The van der Waals surface area contributed by atoms with Gasteiger partial charge in [0.1, 0.15) is 22.9 Å². The van der Waals surface area contributed by atoms with Crippen molar-refractivity contribution in [2.75, 3.05) is 24.6 Å². The molecular weight excluding hydrogens is 432 g/mol. The van der Waals surface area contributed by atoms with Crippen molar-refractivity contribution in [3.05, 3.63) is 59.4 Å². The summed E-state index contributed by atoms with van der Waals surface area (Å²) in [5.41, 5.74) is 1.12. The van der Waals surface area contributed by atoms with Gasteiger partial charge in [-0.1, -0.05) is 18.1 Å². The highest BCUT2D eigenvalue weighted by atomic mass is 32.2. The standard InChI is InChI=1S/C24H23F2N3O2S/c1-24(2,30)7-6-17-14-27-22-5-3-4-18(23(22)28-17)16-12-20(25)19(21(26)13-16)15-29-8-10-32(31)11-9-29/h3-5,12-14,30H,8-11,15H2,1-2H3. The molecule has 32 heavy (non-hydrogen) atoms. The highest BCUT2D eigenvalue weighted by Crippen LogP contribution is 2.30. The van der Waals surface area contributed by atoms with E-state index in [1.165, 1.54) is 18.3 Å². The van der Waals surface area contributed by atoms with E-state index in [4.69, 9.17) is 0 Å². The number of para-hydroxylation sites is 1. The second-order valence-electron chi connectivity index (χ2n) is 8.28. The van der Waals surface area contributed by atoms with Crippen molar-refractivity contribution >= 4 is 21.8 Å². The topological polar surface area (TPSA) is 66.3 Å². The van der Waals surface area contributed by atoms with Crippen molar-refractivity contribution in [2.45, 2.75) is 26.0 Å². The predicted molar refractivity (Wildman–Crippen MR) is 121 cm³/mol. The lowest BCUT2D eigenvalue weighted by molar-refractivity contribution is 0.143. The molecule has 5 nitrogen and oxygen atoms in total. The number of halogens is 2. The molecule has 0 atom stereocenters. The summed E-state index contributed by atoms with van der Waals surface area (Å²) in [6.07, 6.45) is 1.50. The number of aliphatic hydroxyl groups is 1. The maximum absolute atomic E-state index is 14.9. The number of aromatic nitrogens is 2. The molecule has 0 bridgehead atoms. The van der Waals surface area contributed by atoms with Gasteiger partial charge in [-0.2, -0.15) is 0 Å². The van der Waals surface area contributed by atoms with E-state index in [0.29, 0.717) is 52.4 Å². The zero-order chi connectivity index (χ0) is 22.9. The van der Waals surface area contributed by atoms with Gasteiger partial charge in [-0.25, -0.2) is 13.8 Å². The molecule has 2 heterocycles. The van der Waals surface area contributed by atoms with Crippen molar-refractivity contribution in [1.82, 2.24) is 14.9 Å². The first-order valence-corrected chi connectivity index (χ1v) is 11.8. The number of hydrogen-bond donors (Lipinski definition) is 1. The highest BCUT2D eigenvalue weighted by molar-refractivity contribution is 7.85. The van der Waals surface area contributed by atoms with Gasteiger partial charge in [0.2, 0.25) is 0 Å². The van der Waals surface area contributed by atoms with E-state index in [9.17, 15) is 18.1 Å². The molecule has 0 saturated carbocycles. The van der Waals surface area contributed by atoms with Crippen LogP contribution in [0, 0.1) is 23.5 Å². The summed E-state index contributed by atoms with van der Waals surface area (Å²) in [5, 5.41) is 9.82. The lowest BCUT2D eigenvalue weighted by atomic mass is 10.0. The summed E-state index contributed by atoms with van der Waals surface area (Å²) >= 11 is 0. The first-order valence-electron chi connectivity index (χ1n) is 10.3. The number of rotatable bonds is 3. The van der Waals surface area contributed by atoms with Crippen LogP contribution in [0.2, 0.25) is 0 Å². The minimum absolute atomic E-state index is 0.00415. The maximum Gasteiger partial charge on any atom is 0.132 e. The summed E-state index contributed by atoms with van der Waals surface area (Å²) in [7, 11) is -0.846. The Morgan fingerprint density at radius 1 is 1.19 bits per heavy atom. The molecule has 4 rings (SSSR count). The third kappa shape index (κ3) is 5.18. The van der Waals surface area contributed by atoms with Gasteiger partial charge < -0.3 is 5.11 Å². The van der Waals surface area contributed by atoms with Crippen LogP contribution < -0.4 is 0 Å². The van der Waals surface area contributed by atoms with Gasteiger partial charge in [-0.05, 0) is 43.5 Å². The van der Waals surface area contributed by atoms with Crippen molar-refractivity contribution in [3.8, 4) is 23.0 Å². The average molecular weight is 456 g/mol. The van der Waals surface area contributed by atoms with Crippen LogP contribution in [0.1, 0.15) is 25.1 Å². The molecule has 1 aromatic heterocycles. The predicted octanol–water partition coefficient (Wildman–Crippen LogP) is 3.26. The lowest BCUT2D eigenvalue weighted by Crippen LogP contribution is -2.37. The van der Waals surface area contributed by atoms with E-state index in [0.717, 1.165) is 0 Å². The zero-order valence-electron chi connectivity index (χ0n) is 17.9. The molecular formula is C24H23F2N3O2S. The highest BCUT2D eigenvalue weighted by Gasteiger charge is 2.20. The van der Waals surface area contributed by atoms with Gasteiger partial charge in [0.25, 0.3) is 0 Å². The summed E-state index contributed by atoms with van der Waals surface area (Å²) in [6, 6.07) is 7.88. The number of benzene rings is 2. The fraction of sp³-hybridized carbons (Fsp3) is 0.333. The maximum atomic E-state index is 14.9. The van der Waals surface area contributed by atoms with Crippen LogP contribution in [0.3, 0.4) is 0 Å². The smallest absolute Gasteiger partial charge is 0.132 e. The third-order valence-electron chi connectivity index (χ3n) is 5.17. The zero-order valence-corrected chi connectivity index (χ0v) is 18.7. The van der Waals surface area contributed by atoms with E-state index in [-0.39, 0.29) is 12.1 Å². The Hall–Kier alpha value is -2.73. The van der Waals surface area contributed by atoms with Crippen molar-refractivity contribution in [3.63, 3.8) is 0 Å². The normalized spacial score (nSPS) is 15.5. The number of hydrogen-bond acceptors (Lipinski definition) is 5. The average Bonchev–Trinajstić information content (AvgIpc) is 2.75. The lowest BCUT2D eigenvalue weighted by Gasteiger charge is -2.26. The van der Waals surface area contributed by atoms with Crippen molar-refractivity contribution in [1.29, 1.82) is 0 Å². The van der Waals surface area contributed by atoms with Crippen LogP contribution in [0.4, 0.5) is 8.78 Å². The molecule has 8 heteroatoms. The summed E-state index contributed by atoms with van der Waals surface area (Å²) in [4.78, 5) is 10.8. The molecule has 3 aromatic rings. The van der Waals surface area contributed by atoms with E-state index in [2.05, 4.69) is 21.8 Å². The molecule has 0 spiro atoms.